The summed E-state index contributed by atoms with van der Waals surface area (Å²) in [4.78, 5) is 15.5. The standard InChI is InChI=1S/C11H23N3O2/c1-13(2)8-6-12-11(10(15)16)5-4-7-14(3)9-11/h12H,4-9H2,1-3H3,(H,15,16). The Morgan fingerprint density at radius 3 is 2.75 bits per heavy atom. The van der Waals surface area contributed by atoms with Gasteiger partial charge in [0.1, 0.15) is 5.54 Å². The van der Waals surface area contributed by atoms with Crippen LogP contribution in [0.15, 0.2) is 0 Å². The minimum absolute atomic E-state index is 0.593. The van der Waals surface area contributed by atoms with Crippen LogP contribution in [0, 0.1) is 0 Å². The molecule has 1 rings (SSSR count). The summed E-state index contributed by atoms with van der Waals surface area (Å²) in [6.45, 7) is 3.16. The van der Waals surface area contributed by atoms with Gasteiger partial charge in [-0.2, -0.15) is 0 Å². The average Bonchev–Trinajstić information content (AvgIpc) is 2.16. The Bertz CT molecular complexity index is 245. The van der Waals surface area contributed by atoms with Gasteiger partial charge in [-0.25, -0.2) is 0 Å². The fourth-order valence-corrected chi connectivity index (χ4v) is 2.18. The van der Waals surface area contributed by atoms with Gasteiger partial charge in [0.15, 0.2) is 0 Å². The largest absolute Gasteiger partial charge is 0.480 e. The first-order valence-electron chi connectivity index (χ1n) is 5.78. The molecular formula is C11H23N3O2. The molecule has 1 heterocycles. The van der Waals surface area contributed by atoms with Gasteiger partial charge in [-0.15, -0.1) is 0 Å². The molecule has 0 amide bonds. The van der Waals surface area contributed by atoms with Crippen LogP contribution in [-0.2, 0) is 4.79 Å². The third-order valence-electron chi connectivity index (χ3n) is 3.12. The Balaban J connectivity index is 2.55. The third kappa shape index (κ3) is 3.43. The van der Waals surface area contributed by atoms with E-state index in [9.17, 15) is 9.90 Å². The lowest BCUT2D eigenvalue weighted by molar-refractivity contribution is -0.147. The molecule has 0 aliphatic carbocycles. The average molecular weight is 229 g/mol. The van der Waals surface area contributed by atoms with Crippen molar-refractivity contribution in [2.75, 3.05) is 47.3 Å². The maximum atomic E-state index is 11.4. The molecule has 0 spiro atoms. The van der Waals surface area contributed by atoms with E-state index in [4.69, 9.17) is 0 Å². The Hall–Kier alpha value is -0.650. The van der Waals surface area contributed by atoms with Crippen molar-refractivity contribution < 1.29 is 9.90 Å². The number of carboxylic acid groups (broad SMARTS) is 1. The van der Waals surface area contributed by atoms with Crippen molar-refractivity contribution in [1.29, 1.82) is 0 Å². The summed E-state index contributed by atoms with van der Waals surface area (Å²) < 4.78 is 0. The van der Waals surface area contributed by atoms with Crippen molar-refractivity contribution in [3.8, 4) is 0 Å². The zero-order valence-corrected chi connectivity index (χ0v) is 10.5. The number of rotatable bonds is 5. The number of piperidine rings is 1. The first kappa shape index (κ1) is 13.4. The maximum Gasteiger partial charge on any atom is 0.325 e. The molecule has 5 nitrogen and oxygen atoms in total. The topological polar surface area (TPSA) is 55.8 Å². The number of nitrogens with zero attached hydrogens (tertiary/aromatic N) is 2. The Morgan fingerprint density at radius 1 is 1.56 bits per heavy atom. The van der Waals surface area contributed by atoms with E-state index in [0.29, 0.717) is 13.1 Å². The van der Waals surface area contributed by atoms with Crippen molar-refractivity contribution in [3.63, 3.8) is 0 Å². The molecule has 1 unspecified atom stereocenters. The predicted octanol–water partition coefficient (Wildman–Crippen LogP) is -0.313. The van der Waals surface area contributed by atoms with Gasteiger partial charge in [-0.3, -0.25) is 10.1 Å². The van der Waals surface area contributed by atoms with Gasteiger partial charge in [0.25, 0.3) is 0 Å². The number of hydrogen-bond acceptors (Lipinski definition) is 4. The molecule has 0 radical (unpaired) electrons. The molecule has 5 heteroatoms. The fraction of sp³-hybridized carbons (Fsp3) is 0.909. The summed E-state index contributed by atoms with van der Waals surface area (Å²) in [6, 6.07) is 0. The van der Waals surface area contributed by atoms with Crippen LogP contribution in [0.1, 0.15) is 12.8 Å². The predicted molar refractivity (Wildman–Crippen MR) is 63.7 cm³/mol. The van der Waals surface area contributed by atoms with Gasteiger partial charge in [-0.05, 0) is 40.5 Å². The van der Waals surface area contributed by atoms with Crippen molar-refractivity contribution in [3.05, 3.63) is 0 Å². The quantitative estimate of drug-likeness (QED) is 0.677. The summed E-state index contributed by atoms with van der Waals surface area (Å²) in [7, 11) is 5.95. The number of likely N-dealkylation sites (tertiary alicyclic amines) is 1. The van der Waals surface area contributed by atoms with E-state index in [1.807, 2.05) is 21.1 Å². The van der Waals surface area contributed by atoms with Gasteiger partial charge in [-0.1, -0.05) is 0 Å². The number of hydrogen-bond donors (Lipinski definition) is 2. The molecule has 1 aliphatic heterocycles. The maximum absolute atomic E-state index is 11.4. The highest BCUT2D eigenvalue weighted by atomic mass is 16.4. The van der Waals surface area contributed by atoms with Gasteiger partial charge >= 0.3 is 5.97 Å². The van der Waals surface area contributed by atoms with Crippen LogP contribution < -0.4 is 5.32 Å². The van der Waals surface area contributed by atoms with Gasteiger partial charge in [0, 0.05) is 19.6 Å². The molecular weight excluding hydrogens is 206 g/mol. The molecule has 1 atom stereocenters. The highest BCUT2D eigenvalue weighted by Gasteiger charge is 2.40. The summed E-state index contributed by atoms with van der Waals surface area (Å²) in [5.74, 6) is -0.724. The number of carbonyl (C=O) groups is 1. The molecule has 0 saturated carbocycles. The van der Waals surface area contributed by atoms with E-state index in [-0.39, 0.29) is 0 Å². The lowest BCUT2D eigenvalue weighted by Crippen LogP contribution is -2.62. The third-order valence-corrected chi connectivity index (χ3v) is 3.12. The molecule has 0 aromatic carbocycles. The van der Waals surface area contributed by atoms with Gasteiger partial charge in [0.05, 0.1) is 0 Å². The first-order valence-corrected chi connectivity index (χ1v) is 5.78. The number of carboxylic acids is 1. The van der Waals surface area contributed by atoms with Crippen LogP contribution in [0.2, 0.25) is 0 Å². The van der Waals surface area contributed by atoms with E-state index in [1.165, 1.54) is 0 Å². The molecule has 0 aromatic rings. The van der Waals surface area contributed by atoms with Crippen LogP contribution in [-0.4, -0.2) is 73.7 Å². The summed E-state index contributed by atoms with van der Waals surface area (Å²) in [5, 5.41) is 12.6. The Morgan fingerprint density at radius 2 is 2.25 bits per heavy atom. The normalized spacial score (nSPS) is 27.2. The minimum Gasteiger partial charge on any atom is -0.480 e. The van der Waals surface area contributed by atoms with E-state index in [1.54, 1.807) is 0 Å². The van der Waals surface area contributed by atoms with Crippen LogP contribution in [0.25, 0.3) is 0 Å². The van der Waals surface area contributed by atoms with Gasteiger partial charge < -0.3 is 14.9 Å². The lowest BCUT2D eigenvalue weighted by atomic mass is 9.89. The van der Waals surface area contributed by atoms with Crippen molar-refractivity contribution in [2.45, 2.75) is 18.4 Å². The smallest absolute Gasteiger partial charge is 0.325 e. The van der Waals surface area contributed by atoms with Crippen LogP contribution in [0.4, 0.5) is 0 Å². The SMILES string of the molecule is CN(C)CCNC1(C(=O)O)CCCN(C)C1. The second-order valence-electron chi connectivity index (χ2n) is 4.96. The highest BCUT2D eigenvalue weighted by molar-refractivity contribution is 5.79. The zero-order valence-electron chi connectivity index (χ0n) is 10.5. The zero-order chi connectivity index (χ0) is 12.2. The monoisotopic (exact) mass is 229 g/mol. The minimum atomic E-state index is -0.747. The molecule has 2 N–H and O–H groups in total. The van der Waals surface area contributed by atoms with Crippen LogP contribution in [0.5, 0.6) is 0 Å². The second kappa shape index (κ2) is 5.61. The van der Waals surface area contributed by atoms with Crippen LogP contribution in [0.3, 0.4) is 0 Å². The Kier molecular flexibility index (Phi) is 4.70. The van der Waals surface area contributed by atoms with E-state index < -0.39 is 11.5 Å². The Labute approximate surface area is 97.4 Å². The molecule has 1 fully saturated rings. The lowest BCUT2D eigenvalue weighted by Gasteiger charge is -2.39. The molecule has 0 aromatic heterocycles. The molecule has 16 heavy (non-hydrogen) atoms. The van der Waals surface area contributed by atoms with E-state index in [2.05, 4.69) is 15.1 Å². The molecule has 94 valence electrons. The van der Waals surface area contributed by atoms with E-state index in [0.717, 1.165) is 25.9 Å². The molecule has 1 aliphatic rings. The first-order chi connectivity index (χ1) is 7.46. The van der Waals surface area contributed by atoms with E-state index >= 15 is 0 Å². The van der Waals surface area contributed by atoms with Crippen LogP contribution >= 0.6 is 0 Å². The van der Waals surface area contributed by atoms with Crippen molar-refractivity contribution >= 4 is 5.97 Å². The molecule has 0 bridgehead atoms. The molecule has 1 saturated heterocycles. The number of nitrogens with one attached hydrogen (secondary N) is 1. The van der Waals surface area contributed by atoms with Crippen molar-refractivity contribution in [1.82, 2.24) is 15.1 Å². The van der Waals surface area contributed by atoms with Crippen molar-refractivity contribution in [2.24, 2.45) is 0 Å². The summed E-state index contributed by atoms with van der Waals surface area (Å²) in [5.41, 5.74) is -0.747. The fourth-order valence-electron chi connectivity index (χ4n) is 2.18. The number of likely N-dealkylation sites (N-methyl/N-ethyl adjacent to an activating group) is 2. The highest BCUT2D eigenvalue weighted by Crippen LogP contribution is 2.20. The second-order valence-corrected chi connectivity index (χ2v) is 4.96. The summed E-state index contributed by atoms with van der Waals surface area (Å²) >= 11 is 0. The summed E-state index contributed by atoms with van der Waals surface area (Å²) in [6.07, 6.45) is 1.66. The van der Waals surface area contributed by atoms with Gasteiger partial charge in [0.2, 0.25) is 0 Å². The number of aliphatic carboxylic acids is 1.